The summed E-state index contributed by atoms with van der Waals surface area (Å²) in [7, 11) is 0. The van der Waals surface area contributed by atoms with Crippen LogP contribution in [0.5, 0.6) is 0 Å². The summed E-state index contributed by atoms with van der Waals surface area (Å²) in [5.41, 5.74) is 2.66. The Morgan fingerprint density at radius 3 is 2.75 bits per heavy atom. The second kappa shape index (κ2) is 6.31. The molecule has 3 rings (SSSR count). The molecule has 24 heavy (non-hydrogen) atoms. The Labute approximate surface area is 139 Å². The topological polar surface area (TPSA) is 65.6 Å². The molecule has 0 radical (unpaired) electrons. The molecule has 6 nitrogen and oxygen atoms in total. The standard InChI is InChI=1S/C18H19N3O3/c1-12(2)24-18(23)14-7-9-20(17(22)10-14)11-15-13(3)19-16-6-4-5-8-21(15)16/h4-10,12H,11H2,1-3H3. The van der Waals surface area contributed by atoms with E-state index in [-0.39, 0.29) is 17.2 Å². The Bertz CT molecular complexity index is 954. The lowest BCUT2D eigenvalue weighted by molar-refractivity contribution is 0.0377. The first-order valence-electron chi connectivity index (χ1n) is 7.80. The van der Waals surface area contributed by atoms with Gasteiger partial charge in [0.15, 0.2) is 0 Å². The Hall–Kier alpha value is -2.89. The summed E-state index contributed by atoms with van der Waals surface area (Å²) < 4.78 is 8.62. The molecule has 0 saturated heterocycles. The number of imidazole rings is 1. The molecular weight excluding hydrogens is 306 g/mol. The van der Waals surface area contributed by atoms with Crippen LogP contribution in [0.25, 0.3) is 5.65 Å². The van der Waals surface area contributed by atoms with E-state index >= 15 is 0 Å². The smallest absolute Gasteiger partial charge is 0.338 e. The number of aromatic nitrogens is 3. The van der Waals surface area contributed by atoms with Gasteiger partial charge in [-0.05, 0) is 39.0 Å². The zero-order valence-electron chi connectivity index (χ0n) is 13.9. The van der Waals surface area contributed by atoms with Crippen LogP contribution in [0.2, 0.25) is 0 Å². The second-order valence-electron chi connectivity index (χ2n) is 5.91. The van der Waals surface area contributed by atoms with Crippen LogP contribution in [0.3, 0.4) is 0 Å². The average molecular weight is 325 g/mol. The molecule has 0 aliphatic heterocycles. The van der Waals surface area contributed by atoms with Crippen LogP contribution >= 0.6 is 0 Å². The summed E-state index contributed by atoms with van der Waals surface area (Å²) in [5.74, 6) is -0.486. The molecule has 0 N–H and O–H groups in total. The van der Waals surface area contributed by atoms with Crippen molar-refractivity contribution in [3.8, 4) is 0 Å². The van der Waals surface area contributed by atoms with Gasteiger partial charge in [-0.3, -0.25) is 4.79 Å². The highest BCUT2D eigenvalue weighted by molar-refractivity contribution is 5.89. The van der Waals surface area contributed by atoms with Gasteiger partial charge < -0.3 is 13.7 Å². The molecule has 3 aromatic heterocycles. The number of hydrogen-bond donors (Lipinski definition) is 0. The van der Waals surface area contributed by atoms with Crippen LogP contribution in [0.15, 0.2) is 47.5 Å². The Balaban J connectivity index is 1.92. The number of aryl methyl sites for hydroxylation is 1. The van der Waals surface area contributed by atoms with Crippen LogP contribution in [0, 0.1) is 6.92 Å². The highest BCUT2D eigenvalue weighted by atomic mass is 16.5. The Morgan fingerprint density at radius 1 is 1.25 bits per heavy atom. The fraction of sp³-hybridized carbons (Fsp3) is 0.278. The molecule has 0 aliphatic rings. The average Bonchev–Trinajstić information content (AvgIpc) is 2.84. The van der Waals surface area contributed by atoms with E-state index < -0.39 is 5.97 Å². The lowest BCUT2D eigenvalue weighted by atomic mass is 10.2. The molecule has 124 valence electrons. The van der Waals surface area contributed by atoms with Gasteiger partial charge in [-0.2, -0.15) is 0 Å². The van der Waals surface area contributed by atoms with Gasteiger partial charge >= 0.3 is 5.97 Å². The van der Waals surface area contributed by atoms with Crippen molar-refractivity contribution in [2.45, 2.75) is 33.4 Å². The van der Waals surface area contributed by atoms with E-state index in [1.54, 1.807) is 30.7 Å². The van der Waals surface area contributed by atoms with Crippen LogP contribution in [0.1, 0.15) is 35.6 Å². The number of nitrogens with zero attached hydrogens (tertiary/aromatic N) is 3. The molecule has 0 amide bonds. The highest BCUT2D eigenvalue weighted by Gasteiger charge is 2.13. The Kier molecular flexibility index (Phi) is 4.20. The van der Waals surface area contributed by atoms with Gasteiger partial charge in [0, 0.05) is 18.5 Å². The van der Waals surface area contributed by atoms with Crippen molar-refractivity contribution >= 4 is 11.6 Å². The molecule has 3 aromatic rings. The van der Waals surface area contributed by atoms with Gasteiger partial charge in [0.05, 0.1) is 29.6 Å². The zero-order valence-corrected chi connectivity index (χ0v) is 13.9. The summed E-state index contributed by atoms with van der Waals surface area (Å²) in [6, 6.07) is 8.68. The minimum atomic E-state index is -0.486. The van der Waals surface area contributed by atoms with E-state index in [4.69, 9.17) is 4.74 Å². The van der Waals surface area contributed by atoms with E-state index in [1.165, 1.54) is 6.07 Å². The third-order valence-electron chi connectivity index (χ3n) is 3.72. The summed E-state index contributed by atoms with van der Waals surface area (Å²) >= 11 is 0. The SMILES string of the molecule is Cc1nc2ccccn2c1Cn1ccc(C(=O)OC(C)C)cc1=O. The number of ether oxygens (including phenoxy) is 1. The predicted molar refractivity (Wildman–Crippen MR) is 90.3 cm³/mol. The fourth-order valence-corrected chi connectivity index (χ4v) is 2.56. The second-order valence-corrected chi connectivity index (χ2v) is 5.91. The monoisotopic (exact) mass is 325 g/mol. The van der Waals surface area contributed by atoms with E-state index in [0.717, 1.165) is 17.0 Å². The number of carbonyl (C=O) groups excluding carboxylic acids is 1. The van der Waals surface area contributed by atoms with E-state index in [1.807, 2.05) is 35.7 Å². The molecule has 0 aromatic carbocycles. The van der Waals surface area contributed by atoms with Crippen molar-refractivity contribution in [3.05, 3.63) is 70.0 Å². The summed E-state index contributed by atoms with van der Waals surface area (Å²) in [6.45, 7) is 5.84. The van der Waals surface area contributed by atoms with Crippen molar-refractivity contribution in [3.63, 3.8) is 0 Å². The van der Waals surface area contributed by atoms with Crippen LogP contribution < -0.4 is 5.56 Å². The number of fused-ring (bicyclic) bond motifs is 1. The molecule has 0 unspecified atom stereocenters. The molecule has 0 spiro atoms. The van der Waals surface area contributed by atoms with Crippen LogP contribution in [-0.2, 0) is 11.3 Å². The first-order valence-corrected chi connectivity index (χ1v) is 7.80. The molecule has 0 fully saturated rings. The van der Waals surface area contributed by atoms with Crippen molar-refractivity contribution in [2.24, 2.45) is 0 Å². The molecule has 0 saturated carbocycles. The highest BCUT2D eigenvalue weighted by Crippen LogP contribution is 2.12. The summed E-state index contributed by atoms with van der Waals surface area (Å²) in [5, 5.41) is 0. The molecule has 6 heteroatoms. The van der Waals surface area contributed by atoms with Gasteiger partial charge in [-0.1, -0.05) is 6.07 Å². The lowest BCUT2D eigenvalue weighted by Gasteiger charge is -2.10. The van der Waals surface area contributed by atoms with Crippen molar-refractivity contribution < 1.29 is 9.53 Å². The van der Waals surface area contributed by atoms with Gasteiger partial charge in [0.25, 0.3) is 5.56 Å². The van der Waals surface area contributed by atoms with Gasteiger partial charge in [-0.15, -0.1) is 0 Å². The largest absolute Gasteiger partial charge is 0.459 e. The van der Waals surface area contributed by atoms with Crippen molar-refractivity contribution in [1.82, 2.24) is 14.0 Å². The maximum absolute atomic E-state index is 12.3. The quantitative estimate of drug-likeness (QED) is 0.691. The van der Waals surface area contributed by atoms with E-state index in [9.17, 15) is 9.59 Å². The molecule has 0 atom stereocenters. The first kappa shape index (κ1) is 16.0. The molecular formula is C18H19N3O3. The number of pyridine rings is 2. The van der Waals surface area contributed by atoms with Crippen LogP contribution in [-0.4, -0.2) is 26.0 Å². The Morgan fingerprint density at radius 2 is 2.04 bits per heavy atom. The fourth-order valence-electron chi connectivity index (χ4n) is 2.56. The molecule has 0 bridgehead atoms. The van der Waals surface area contributed by atoms with Gasteiger partial charge in [0.1, 0.15) is 5.65 Å². The van der Waals surface area contributed by atoms with Gasteiger partial charge in [-0.25, -0.2) is 9.78 Å². The number of esters is 1. The maximum Gasteiger partial charge on any atom is 0.338 e. The van der Waals surface area contributed by atoms with E-state index in [2.05, 4.69) is 4.98 Å². The first-order chi connectivity index (χ1) is 11.5. The van der Waals surface area contributed by atoms with Crippen LogP contribution in [0.4, 0.5) is 0 Å². The van der Waals surface area contributed by atoms with Crippen molar-refractivity contribution in [1.29, 1.82) is 0 Å². The van der Waals surface area contributed by atoms with E-state index in [0.29, 0.717) is 6.54 Å². The predicted octanol–water partition coefficient (Wildman–Crippen LogP) is 2.42. The lowest BCUT2D eigenvalue weighted by Crippen LogP contribution is -2.23. The summed E-state index contributed by atoms with van der Waals surface area (Å²) in [6.07, 6.45) is 3.31. The maximum atomic E-state index is 12.3. The third kappa shape index (κ3) is 3.08. The third-order valence-corrected chi connectivity index (χ3v) is 3.72. The van der Waals surface area contributed by atoms with Crippen molar-refractivity contribution in [2.75, 3.05) is 0 Å². The number of rotatable bonds is 4. The number of hydrogen-bond acceptors (Lipinski definition) is 4. The molecule has 0 aliphatic carbocycles. The number of carbonyl (C=O) groups is 1. The minimum Gasteiger partial charge on any atom is -0.459 e. The van der Waals surface area contributed by atoms with Gasteiger partial charge in [0.2, 0.25) is 0 Å². The summed E-state index contributed by atoms with van der Waals surface area (Å²) in [4.78, 5) is 28.7. The molecule has 3 heterocycles. The normalized spacial score (nSPS) is 11.2. The minimum absolute atomic E-state index is 0.222. The zero-order chi connectivity index (χ0) is 17.3.